The van der Waals surface area contributed by atoms with Crippen LogP contribution in [0.3, 0.4) is 0 Å². The topological polar surface area (TPSA) is 61.3 Å². The summed E-state index contributed by atoms with van der Waals surface area (Å²) >= 11 is 0. The second kappa shape index (κ2) is 33.3. The van der Waals surface area contributed by atoms with Crippen molar-refractivity contribution in [3.05, 3.63) is 97.1 Å². The Morgan fingerprint density at radius 3 is 0.892 bits per heavy atom. The predicted molar refractivity (Wildman–Crippen MR) is 173 cm³/mol. The monoisotopic (exact) mass is 505 g/mol. The number of fused-ring (bicyclic) bond motifs is 2. The summed E-state index contributed by atoms with van der Waals surface area (Å²) in [5.74, 6) is 0. The van der Waals surface area contributed by atoms with Crippen LogP contribution < -0.4 is 11.5 Å². The lowest BCUT2D eigenvalue weighted by Gasteiger charge is -1.94. The molecule has 4 heteroatoms. The molecule has 4 N–H and O–H groups in total. The highest BCUT2D eigenvalue weighted by Gasteiger charge is 1.86. The lowest BCUT2D eigenvalue weighted by Crippen LogP contribution is -1.99. The van der Waals surface area contributed by atoms with Gasteiger partial charge >= 0.3 is 0 Å². The van der Waals surface area contributed by atoms with Crippen molar-refractivity contribution in [2.24, 2.45) is 11.5 Å². The van der Waals surface area contributed by atoms with Crippen LogP contribution in [0, 0.1) is 0 Å². The molecule has 0 aliphatic carbocycles. The van der Waals surface area contributed by atoms with E-state index in [1.54, 1.807) is 0 Å². The Morgan fingerprint density at radius 2 is 0.730 bits per heavy atom. The Kier molecular flexibility index (Phi) is 35.0. The van der Waals surface area contributed by atoms with Crippen molar-refractivity contribution in [3.63, 3.8) is 0 Å². The van der Waals surface area contributed by atoms with Gasteiger partial charge in [-0.3, -0.25) is 0 Å². The maximum Gasteiger partial charge on any atom is 0.141 e. The van der Waals surface area contributed by atoms with Gasteiger partial charge in [-0.15, -0.1) is 0 Å². The molecule has 0 saturated heterocycles. The van der Waals surface area contributed by atoms with Crippen LogP contribution in [-0.2, 0) is 4.74 Å². The Morgan fingerprint density at radius 1 is 0.514 bits per heavy atom. The first-order valence-corrected chi connectivity index (χ1v) is 13.6. The molecule has 3 nitrogen and oxygen atoms in total. The molecule has 0 unspecified atom stereocenters. The van der Waals surface area contributed by atoms with Crippen molar-refractivity contribution < 1.29 is 4.74 Å². The van der Waals surface area contributed by atoms with E-state index in [4.69, 9.17) is 4.74 Å². The molecule has 205 valence electrons. The normalized spacial score (nSPS) is 8.38. The van der Waals surface area contributed by atoms with Gasteiger partial charge in [-0.2, -0.15) is 0 Å². The number of ether oxygens (including phenoxy) is 1. The molecule has 0 aromatic heterocycles. The molecule has 0 saturated carbocycles. The maximum atomic E-state index is 5.08. The summed E-state index contributed by atoms with van der Waals surface area (Å²) in [6.07, 6.45) is 3.62. The molecule has 4 aromatic rings. The van der Waals surface area contributed by atoms with E-state index in [2.05, 4.69) is 143 Å². The van der Waals surface area contributed by atoms with Gasteiger partial charge in [0.05, 0.1) is 0 Å². The van der Waals surface area contributed by atoms with E-state index in [9.17, 15) is 0 Å². The van der Waals surface area contributed by atoms with Crippen molar-refractivity contribution in [1.82, 2.24) is 0 Å². The van der Waals surface area contributed by atoms with Crippen molar-refractivity contribution in [2.45, 2.75) is 60.7 Å². The van der Waals surface area contributed by atoms with Crippen LogP contribution in [0.1, 0.15) is 53.9 Å². The summed E-state index contributed by atoms with van der Waals surface area (Å²) in [6, 6.07) is 33.4. The molecule has 0 aliphatic heterocycles. The van der Waals surface area contributed by atoms with Gasteiger partial charge < -0.3 is 16.2 Å². The summed E-state index contributed by atoms with van der Waals surface area (Å²) in [5, 5.41) is 5.24. The average molecular weight is 506 g/mol. The number of hydrogen-bond acceptors (Lipinski definition) is 3. The van der Waals surface area contributed by atoms with Crippen LogP contribution in [0.2, 0.25) is 6.82 Å². The molecule has 0 amide bonds. The second-order valence-electron chi connectivity index (χ2n) is 7.59. The smallest absolute Gasteiger partial charge is 0.141 e. The van der Waals surface area contributed by atoms with Crippen LogP contribution in [-0.4, -0.2) is 34.5 Å². The molecular formula is C33H54BN2O. The van der Waals surface area contributed by atoms with Crippen molar-refractivity contribution >= 4 is 28.8 Å². The summed E-state index contributed by atoms with van der Waals surface area (Å²) in [7, 11) is 5.01. The molecule has 37 heavy (non-hydrogen) atoms. The van der Waals surface area contributed by atoms with Gasteiger partial charge in [0.15, 0.2) is 0 Å². The Balaban J connectivity index is -0.000000404. The number of hydrogen-bond donors (Lipinski definition) is 2. The molecule has 0 bridgehead atoms. The number of nitrogens with two attached hydrogens (primary N) is 2. The zero-order valence-electron chi connectivity index (χ0n) is 24.9. The first-order valence-electron chi connectivity index (χ1n) is 13.6. The molecule has 0 spiro atoms. The van der Waals surface area contributed by atoms with E-state index in [1.807, 2.05) is 14.1 Å². The van der Waals surface area contributed by atoms with Crippen molar-refractivity contribution in [3.8, 4) is 0 Å². The molecule has 4 aromatic carbocycles. The van der Waals surface area contributed by atoms with E-state index in [1.165, 1.54) is 48.5 Å². The van der Waals surface area contributed by atoms with Crippen LogP contribution >= 0.6 is 0 Å². The SMILES string of the molecule is CCC.CCC.CN.CN.C[B]COCCC.c1ccc2ccccc2c1.c1ccc2ccccc2c1. The number of rotatable bonds is 4. The fourth-order valence-electron chi connectivity index (χ4n) is 2.61. The second-order valence-corrected chi connectivity index (χ2v) is 7.59. The van der Waals surface area contributed by atoms with E-state index < -0.39 is 0 Å². The Hall–Kier alpha value is -2.66. The summed E-state index contributed by atoms with van der Waals surface area (Å²) in [4.78, 5) is 0. The zero-order valence-corrected chi connectivity index (χ0v) is 24.9. The van der Waals surface area contributed by atoms with E-state index in [0.29, 0.717) is 0 Å². The molecule has 1 radical (unpaired) electrons. The summed E-state index contributed by atoms with van der Waals surface area (Å²) in [6.45, 7) is 14.3. The standard InChI is InChI=1S/2C10H8.C5H12BO.2C3H8.2CH5N/c2*1-2-6-10-8-4-3-7-9(10)5-1;1-3-4-7-5-6-2;2*1-3-2;2*1-2/h2*1-8H;3-5H2,1-2H3;2*3H2,1-2H3;2*2H2,1H3. The first kappa shape index (κ1) is 38.9. The van der Waals surface area contributed by atoms with Crippen LogP contribution in [0.25, 0.3) is 21.5 Å². The minimum Gasteiger partial charge on any atom is -0.390 e. The zero-order chi connectivity index (χ0) is 28.6. The lowest BCUT2D eigenvalue weighted by molar-refractivity contribution is 0.178. The molecular weight excluding hydrogens is 451 g/mol. The maximum absolute atomic E-state index is 5.08. The molecule has 0 fully saturated rings. The Labute approximate surface area is 229 Å². The van der Waals surface area contributed by atoms with E-state index in [-0.39, 0.29) is 0 Å². The third-order valence-electron chi connectivity index (χ3n) is 3.95. The van der Waals surface area contributed by atoms with Crippen LogP contribution in [0.5, 0.6) is 0 Å². The Bertz CT molecular complexity index is 739. The molecule has 0 aliphatic rings. The summed E-state index contributed by atoms with van der Waals surface area (Å²) in [5.41, 5.74) is 9.00. The molecule has 0 atom stereocenters. The fraction of sp³-hybridized carbons (Fsp3) is 0.394. The highest BCUT2D eigenvalue weighted by molar-refractivity contribution is 6.33. The van der Waals surface area contributed by atoms with Gasteiger partial charge in [0, 0.05) is 13.1 Å². The minimum atomic E-state index is 0.799. The first-order chi connectivity index (χ1) is 18.2. The fourth-order valence-corrected chi connectivity index (χ4v) is 2.61. The van der Waals surface area contributed by atoms with Gasteiger partial charge in [-0.25, -0.2) is 0 Å². The van der Waals surface area contributed by atoms with E-state index in [0.717, 1.165) is 19.5 Å². The molecule has 0 heterocycles. The van der Waals surface area contributed by atoms with Gasteiger partial charge in [0.2, 0.25) is 0 Å². The van der Waals surface area contributed by atoms with Gasteiger partial charge in [-0.05, 0) is 42.1 Å². The van der Waals surface area contributed by atoms with Gasteiger partial charge in [-0.1, -0.05) is 151 Å². The minimum absolute atomic E-state index is 0.799. The van der Waals surface area contributed by atoms with Crippen LogP contribution in [0.4, 0.5) is 0 Å². The van der Waals surface area contributed by atoms with E-state index >= 15 is 0 Å². The van der Waals surface area contributed by atoms with Gasteiger partial charge in [0.1, 0.15) is 7.28 Å². The van der Waals surface area contributed by atoms with Gasteiger partial charge in [0.25, 0.3) is 0 Å². The predicted octanol–water partition coefficient (Wildman–Crippen LogP) is 8.78. The molecule has 4 rings (SSSR count). The quantitative estimate of drug-likeness (QED) is 0.215. The van der Waals surface area contributed by atoms with Crippen molar-refractivity contribution in [1.29, 1.82) is 0 Å². The summed E-state index contributed by atoms with van der Waals surface area (Å²) < 4.78 is 5.08. The highest BCUT2D eigenvalue weighted by atomic mass is 16.5. The van der Waals surface area contributed by atoms with Crippen molar-refractivity contribution in [2.75, 3.05) is 27.2 Å². The lowest BCUT2D eigenvalue weighted by atomic mass is 9.85. The average Bonchev–Trinajstić information content (AvgIpc) is 2.97. The van der Waals surface area contributed by atoms with Crippen LogP contribution in [0.15, 0.2) is 97.1 Å². The highest BCUT2D eigenvalue weighted by Crippen LogP contribution is 2.12. The number of benzene rings is 4. The third kappa shape index (κ3) is 23.5. The largest absolute Gasteiger partial charge is 0.390 e. The third-order valence-corrected chi connectivity index (χ3v) is 3.95.